The van der Waals surface area contributed by atoms with E-state index in [0.29, 0.717) is 18.1 Å². The highest BCUT2D eigenvalue weighted by Gasteiger charge is 2.08. The third kappa shape index (κ3) is 3.94. The number of carbonyl (C=O) groups excluding carboxylic acids is 1. The molecule has 0 bridgehead atoms. The van der Waals surface area contributed by atoms with E-state index in [1.165, 1.54) is 0 Å². The Bertz CT molecular complexity index is 654. The number of nitrogens with zero attached hydrogens (tertiary/aromatic N) is 3. The van der Waals surface area contributed by atoms with E-state index in [-0.39, 0.29) is 5.91 Å². The van der Waals surface area contributed by atoms with Gasteiger partial charge in [0.25, 0.3) is 5.91 Å². The third-order valence-electron chi connectivity index (χ3n) is 3.08. The Morgan fingerprint density at radius 3 is 2.50 bits per heavy atom. The molecule has 6 heteroatoms. The van der Waals surface area contributed by atoms with Gasteiger partial charge in [-0.1, -0.05) is 0 Å². The molecule has 0 fully saturated rings. The van der Waals surface area contributed by atoms with Crippen LogP contribution in [0.15, 0.2) is 30.3 Å². The smallest absolute Gasteiger partial charge is 0.251 e. The number of anilines is 1. The van der Waals surface area contributed by atoms with Gasteiger partial charge in [0.15, 0.2) is 0 Å². The lowest BCUT2D eigenvalue weighted by Gasteiger charge is -2.12. The Kier molecular flexibility index (Phi) is 4.93. The lowest BCUT2D eigenvalue weighted by atomic mass is 10.2. The van der Waals surface area contributed by atoms with Crippen molar-refractivity contribution in [2.75, 3.05) is 26.1 Å². The second kappa shape index (κ2) is 6.89. The van der Waals surface area contributed by atoms with E-state index in [9.17, 15) is 4.79 Å². The molecule has 0 atom stereocenters. The fourth-order valence-corrected chi connectivity index (χ4v) is 1.92. The van der Waals surface area contributed by atoms with E-state index in [1.54, 1.807) is 31.4 Å². The van der Waals surface area contributed by atoms with Gasteiger partial charge < -0.3 is 15.0 Å². The normalized spacial score (nSPS) is 10.2. The third-order valence-corrected chi connectivity index (χ3v) is 3.08. The summed E-state index contributed by atoms with van der Waals surface area (Å²) in [7, 11) is 5.36. The molecule has 0 saturated heterocycles. The van der Waals surface area contributed by atoms with Crippen LogP contribution in [-0.2, 0) is 6.54 Å². The second-order valence-corrected chi connectivity index (χ2v) is 5.11. The zero-order chi connectivity index (χ0) is 16.1. The molecule has 2 rings (SSSR count). The molecule has 1 amide bonds. The van der Waals surface area contributed by atoms with E-state index >= 15 is 0 Å². The van der Waals surface area contributed by atoms with Crippen LogP contribution in [0.1, 0.15) is 21.7 Å². The summed E-state index contributed by atoms with van der Waals surface area (Å²) in [5.74, 6) is 1.21. The molecule has 0 aliphatic rings. The number of hydrogen-bond acceptors (Lipinski definition) is 5. The minimum atomic E-state index is -0.148. The monoisotopic (exact) mass is 300 g/mol. The van der Waals surface area contributed by atoms with Gasteiger partial charge in [0.1, 0.15) is 5.75 Å². The zero-order valence-corrected chi connectivity index (χ0v) is 13.3. The average molecular weight is 300 g/mol. The van der Waals surface area contributed by atoms with Gasteiger partial charge >= 0.3 is 0 Å². The van der Waals surface area contributed by atoms with Crippen LogP contribution < -0.4 is 15.0 Å². The predicted molar refractivity (Wildman–Crippen MR) is 85.3 cm³/mol. The minimum absolute atomic E-state index is 0.148. The van der Waals surface area contributed by atoms with E-state index in [2.05, 4.69) is 15.3 Å². The van der Waals surface area contributed by atoms with Crippen LogP contribution in [0, 0.1) is 6.92 Å². The van der Waals surface area contributed by atoms with Crippen molar-refractivity contribution >= 4 is 11.9 Å². The van der Waals surface area contributed by atoms with Gasteiger partial charge in [0.2, 0.25) is 5.95 Å². The minimum Gasteiger partial charge on any atom is -0.497 e. The number of carbonyl (C=O) groups is 1. The van der Waals surface area contributed by atoms with E-state index < -0.39 is 0 Å². The largest absolute Gasteiger partial charge is 0.497 e. The van der Waals surface area contributed by atoms with Crippen LogP contribution in [0.5, 0.6) is 5.75 Å². The first-order chi connectivity index (χ1) is 10.5. The number of methoxy groups -OCH3 is 1. The standard InChI is InChI=1S/C16H20N4O2/c1-11-9-13(19-16(18-11)20(2)3)10-17-15(21)12-5-7-14(22-4)8-6-12/h5-9H,10H2,1-4H3,(H,17,21). The summed E-state index contributed by atoms with van der Waals surface area (Å²) in [5, 5.41) is 2.86. The summed E-state index contributed by atoms with van der Waals surface area (Å²) in [6, 6.07) is 8.83. The molecule has 0 radical (unpaired) electrons. The van der Waals surface area contributed by atoms with Crippen molar-refractivity contribution < 1.29 is 9.53 Å². The summed E-state index contributed by atoms with van der Waals surface area (Å²) in [6.07, 6.45) is 0. The van der Waals surface area contributed by atoms with Crippen molar-refractivity contribution in [3.05, 3.63) is 47.3 Å². The van der Waals surface area contributed by atoms with Crippen LogP contribution >= 0.6 is 0 Å². The number of hydrogen-bond donors (Lipinski definition) is 1. The van der Waals surface area contributed by atoms with Gasteiger partial charge in [0, 0.05) is 25.4 Å². The molecule has 0 spiro atoms. The van der Waals surface area contributed by atoms with Crippen LogP contribution in [0.25, 0.3) is 0 Å². The molecule has 1 aromatic heterocycles. The number of ether oxygens (including phenoxy) is 1. The Hall–Kier alpha value is -2.63. The number of nitrogens with one attached hydrogen (secondary N) is 1. The number of aryl methyl sites for hydroxylation is 1. The highest BCUT2D eigenvalue weighted by Crippen LogP contribution is 2.11. The summed E-state index contributed by atoms with van der Waals surface area (Å²) in [6.45, 7) is 2.26. The molecule has 0 unspecified atom stereocenters. The van der Waals surface area contributed by atoms with Crippen molar-refractivity contribution in [3.63, 3.8) is 0 Å². The predicted octanol–water partition coefficient (Wildman–Crippen LogP) is 1.79. The van der Waals surface area contributed by atoms with E-state index in [4.69, 9.17) is 4.74 Å². The topological polar surface area (TPSA) is 67.3 Å². The first kappa shape index (κ1) is 15.8. The molecule has 116 valence electrons. The van der Waals surface area contributed by atoms with Gasteiger partial charge in [-0.15, -0.1) is 0 Å². The Morgan fingerprint density at radius 1 is 1.23 bits per heavy atom. The van der Waals surface area contributed by atoms with Crippen molar-refractivity contribution in [1.82, 2.24) is 15.3 Å². The van der Waals surface area contributed by atoms with Crippen LogP contribution in [0.2, 0.25) is 0 Å². The average Bonchev–Trinajstić information content (AvgIpc) is 2.52. The summed E-state index contributed by atoms with van der Waals surface area (Å²) in [4.78, 5) is 22.7. The molecular formula is C16H20N4O2. The maximum atomic E-state index is 12.1. The van der Waals surface area contributed by atoms with Crippen molar-refractivity contribution in [2.45, 2.75) is 13.5 Å². The molecule has 22 heavy (non-hydrogen) atoms. The Balaban J connectivity index is 2.04. The molecular weight excluding hydrogens is 280 g/mol. The zero-order valence-electron chi connectivity index (χ0n) is 13.3. The molecule has 2 aromatic rings. The van der Waals surface area contributed by atoms with Crippen molar-refractivity contribution in [2.24, 2.45) is 0 Å². The van der Waals surface area contributed by atoms with Crippen LogP contribution in [-0.4, -0.2) is 37.1 Å². The van der Waals surface area contributed by atoms with Crippen LogP contribution in [0.3, 0.4) is 0 Å². The van der Waals surface area contributed by atoms with E-state index in [0.717, 1.165) is 17.1 Å². The second-order valence-electron chi connectivity index (χ2n) is 5.11. The molecule has 0 aliphatic carbocycles. The van der Waals surface area contributed by atoms with Gasteiger partial charge in [0.05, 0.1) is 19.3 Å². The first-order valence-corrected chi connectivity index (χ1v) is 6.93. The first-order valence-electron chi connectivity index (χ1n) is 6.93. The summed E-state index contributed by atoms with van der Waals surface area (Å²) in [5.41, 5.74) is 2.23. The lowest BCUT2D eigenvalue weighted by molar-refractivity contribution is 0.0950. The maximum Gasteiger partial charge on any atom is 0.251 e. The van der Waals surface area contributed by atoms with E-state index in [1.807, 2.05) is 32.0 Å². The van der Waals surface area contributed by atoms with Gasteiger partial charge in [-0.2, -0.15) is 0 Å². The molecule has 1 aromatic carbocycles. The summed E-state index contributed by atoms with van der Waals surface area (Å²) >= 11 is 0. The number of rotatable bonds is 5. The fraction of sp³-hybridized carbons (Fsp3) is 0.312. The highest BCUT2D eigenvalue weighted by atomic mass is 16.5. The van der Waals surface area contributed by atoms with Gasteiger partial charge in [-0.05, 0) is 37.3 Å². The quantitative estimate of drug-likeness (QED) is 0.912. The molecule has 6 nitrogen and oxygen atoms in total. The summed E-state index contributed by atoms with van der Waals surface area (Å²) < 4.78 is 5.07. The van der Waals surface area contributed by atoms with Gasteiger partial charge in [-0.25, -0.2) is 9.97 Å². The lowest BCUT2D eigenvalue weighted by Crippen LogP contribution is -2.24. The highest BCUT2D eigenvalue weighted by molar-refractivity contribution is 5.94. The number of benzene rings is 1. The molecule has 0 saturated carbocycles. The number of amides is 1. The van der Waals surface area contributed by atoms with Crippen LogP contribution in [0.4, 0.5) is 5.95 Å². The fourth-order valence-electron chi connectivity index (χ4n) is 1.92. The maximum absolute atomic E-state index is 12.1. The Labute approximate surface area is 130 Å². The SMILES string of the molecule is COc1ccc(C(=O)NCc2cc(C)nc(N(C)C)n2)cc1. The van der Waals surface area contributed by atoms with Gasteiger partial charge in [-0.3, -0.25) is 4.79 Å². The molecule has 1 heterocycles. The molecule has 0 aliphatic heterocycles. The molecule has 1 N–H and O–H groups in total. The van der Waals surface area contributed by atoms with Crippen molar-refractivity contribution in [1.29, 1.82) is 0 Å². The number of aromatic nitrogens is 2. The van der Waals surface area contributed by atoms with Crippen molar-refractivity contribution in [3.8, 4) is 5.75 Å². The Morgan fingerprint density at radius 2 is 1.91 bits per heavy atom.